The van der Waals surface area contributed by atoms with Gasteiger partial charge in [-0.25, -0.2) is 19.6 Å². The van der Waals surface area contributed by atoms with Crippen molar-refractivity contribution in [2.75, 3.05) is 39.3 Å². The summed E-state index contributed by atoms with van der Waals surface area (Å²) in [5.74, 6) is 2.95. The molecule has 0 bridgehead atoms. The lowest BCUT2D eigenvalue weighted by Gasteiger charge is -2.28. The zero-order valence-corrected chi connectivity index (χ0v) is 41.2. The number of hydrogen-bond acceptors (Lipinski definition) is 12. The molecule has 4 heterocycles. The Labute approximate surface area is 405 Å². The smallest absolute Gasteiger partial charge is 0.387 e. The summed E-state index contributed by atoms with van der Waals surface area (Å²) in [7, 11) is 4.66. The number of amides is 4. The minimum atomic E-state index is -3.00. The highest BCUT2D eigenvalue weighted by atomic mass is 19.3. The molecule has 1 N–H and O–H groups in total. The molecule has 70 heavy (non-hydrogen) atoms. The van der Waals surface area contributed by atoms with Crippen LogP contribution in [0.15, 0.2) is 92.0 Å². The number of urea groups is 2. The third kappa shape index (κ3) is 10.6. The number of hydrogen-bond donors (Lipinski definition) is 1. The Balaban J connectivity index is 0.000000206. The van der Waals surface area contributed by atoms with E-state index in [1.165, 1.54) is 30.2 Å². The van der Waals surface area contributed by atoms with Crippen LogP contribution in [0.4, 0.5) is 24.1 Å². The van der Waals surface area contributed by atoms with Gasteiger partial charge in [0, 0.05) is 47.6 Å². The van der Waals surface area contributed by atoms with Gasteiger partial charge in [0.1, 0.15) is 11.5 Å². The number of rotatable bonds is 11. The predicted octanol–water partition coefficient (Wildman–Crippen LogP) is 10.5. The summed E-state index contributed by atoms with van der Waals surface area (Å²) in [4.78, 5) is 27.7. The summed E-state index contributed by atoms with van der Waals surface area (Å²) >= 11 is 0. The van der Waals surface area contributed by atoms with Crippen molar-refractivity contribution in [1.82, 2.24) is 25.6 Å². The molecule has 2 unspecified atom stereocenters. The lowest BCUT2D eigenvalue weighted by Crippen LogP contribution is -2.43. The molecule has 0 spiro atoms. The maximum Gasteiger partial charge on any atom is 0.387 e. The van der Waals surface area contributed by atoms with Crippen molar-refractivity contribution in [3.63, 3.8) is 0 Å². The van der Waals surface area contributed by atoms with Crippen molar-refractivity contribution < 1.29 is 46.4 Å². The van der Waals surface area contributed by atoms with Crippen LogP contribution in [0, 0.1) is 27.7 Å². The van der Waals surface area contributed by atoms with Crippen LogP contribution in [0.3, 0.4) is 0 Å². The van der Waals surface area contributed by atoms with E-state index in [1.54, 1.807) is 24.2 Å². The van der Waals surface area contributed by atoms with E-state index in [4.69, 9.17) is 28.4 Å². The monoisotopic (exact) mass is 960 g/mol. The minimum absolute atomic E-state index is 0.0741. The average molecular weight is 961 g/mol. The number of methoxy groups -OCH3 is 1. The Bertz CT molecular complexity index is 2860. The summed E-state index contributed by atoms with van der Waals surface area (Å²) in [6.45, 7) is 13.3. The lowest BCUT2D eigenvalue weighted by molar-refractivity contribution is -0.0512. The van der Waals surface area contributed by atoms with Gasteiger partial charge in [0.15, 0.2) is 23.0 Å². The Morgan fingerprint density at radius 1 is 0.757 bits per heavy atom. The molecule has 8 rings (SSSR count). The second-order valence-electron chi connectivity index (χ2n) is 16.8. The summed E-state index contributed by atoms with van der Waals surface area (Å²) in [5, 5.41) is 22.8. The molecule has 6 aromatic rings. The number of carbonyl (C=O) groups excluding carboxylic acids is 2. The molecule has 368 valence electrons. The third-order valence-corrected chi connectivity index (χ3v) is 12.0. The lowest BCUT2D eigenvalue weighted by atomic mass is 9.93. The van der Waals surface area contributed by atoms with E-state index in [0.29, 0.717) is 60.2 Å². The fourth-order valence-corrected chi connectivity index (χ4v) is 8.61. The molecule has 2 atom stereocenters. The van der Waals surface area contributed by atoms with Crippen molar-refractivity contribution in [3.8, 4) is 45.3 Å². The molecule has 16 nitrogen and oxygen atoms in total. The minimum Gasteiger partial charge on any atom is -0.493 e. The van der Waals surface area contributed by atoms with Gasteiger partial charge in [-0.15, -0.1) is 0 Å². The number of alkyl halides is 2. The SMILES string of the molecule is CCOc1cc2c(cc1OCC)CC(C)N(C(=O)N(C)c1ccc(-c3c(C)noc3C)cc1)N=C2.CNC(=O)N1N=C(c2ccc(-c3c(C)noc3C)cc2)c2cc(OC)c(OC(F)F)cc2CC1C. The fourth-order valence-electron chi connectivity index (χ4n) is 8.61. The number of aryl methyl sites for hydroxylation is 4. The highest BCUT2D eigenvalue weighted by Crippen LogP contribution is 2.37. The molecule has 2 aromatic heterocycles. The Morgan fingerprint density at radius 3 is 1.81 bits per heavy atom. The number of nitrogens with one attached hydrogen (secondary N) is 1. The summed E-state index contributed by atoms with van der Waals surface area (Å²) in [6.07, 6.45) is 2.74. The van der Waals surface area contributed by atoms with E-state index in [0.717, 1.165) is 61.8 Å². The number of benzene rings is 4. The summed E-state index contributed by atoms with van der Waals surface area (Å²) < 4.78 is 58.2. The van der Waals surface area contributed by atoms with Crippen molar-refractivity contribution >= 4 is 29.7 Å². The van der Waals surface area contributed by atoms with Gasteiger partial charge in [0.05, 0.1) is 55.7 Å². The third-order valence-electron chi connectivity index (χ3n) is 12.0. The molecule has 0 saturated heterocycles. The molecule has 4 amide bonds. The van der Waals surface area contributed by atoms with Crippen LogP contribution in [0.25, 0.3) is 22.3 Å². The second-order valence-corrected chi connectivity index (χ2v) is 16.8. The number of fused-ring (bicyclic) bond motifs is 2. The molecule has 4 aromatic carbocycles. The first-order valence-electron chi connectivity index (χ1n) is 22.9. The number of hydrazone groups is 2. The maximum absolute atomic E-state index is 13.4. The number of carbonyl (C=O) groups is 2. The van der Waals surface area contributed by atoms with Crippen molar-refractivity contribution in [3.05, 3.63) is 124 Å². The highest BCUT2D eigenvalue weighted by Gasteiger charge is 2.30. The van der Waals surface area contributed by atoms with Gasteiger partial charge in [0.25, 0.3) is 0 Å². The first-order chi connectivity index (χ1) is 33.6. The van der Waals surface area contributed by atoms with Crippen molar-refractivity contribution in [2.45, 2.75) is 86.9 Å². The van der Waals surface area contributed by atoms with Gasteiger partial charge in [0.2, 0.25) is 0 Å². The molecular formula is C52H58F2N8O8. The number of ether oxygens (including phenoxy) is 4. The van der Waals surface area contributed by atoms with Crippen LogP contribution >= 0.6 is 0 Å². The summed E-state index contributed by atoms with van der Waals surface area (Å²) in [6, 6.07) is 21.4. The maximum atomic E-state index is 13.4. The zero-order chi connectivity index (χ0) is 50.4. The molecule has 0 fully saturated rings. The normalized spacial score (nSPS) is 15.1. The number of anilines is 1. The van der Waals surface area contributed by atoms with E-state index in [1.807, 2.05) is 116 Å². The van der Waals surface area contributed by atoms with Gasteiger partial charge >= 0.3 is 18.7 Å². The quantitative estimate of drug-likeness (QED) is 0.132. The number of halogens is 2. The highest BCUT2D eigenvalue weighted by molar-refractivity contribution is 6.14. The number of nitrogens with zero attached hydrogens (tertiary/aromatic N) is 7. The molecular weight excluding hydrogens is 903 g/mol. The van der Waals surface area contributed by atoms with Gasteiger partial charge in [-0.3, -0.25) is 4.90 Å². The van der Waals surface area contributed by atoms with Gasteiger partial charge in [-0.1, -0.05) is 46.7 Å². The Kier molecular flexibility index (Phi) is 15.5. The zero-order valence-electron chi connectivity index (χ0n) is 41.2. The number of aromatic nitrogens is 2. The van der Waals surface area contributed by atoms with Gasteiger partial charge in [-0.05, 0) is 127 Å². The van der Waals surface area contributed by atoms with E-state index in [-0.39, 0.29) is 35.6 Å². The van der Waals surface area contributed by atoms with E-state index >= 15 is 0 Å². The molecule has 2 aliphatic heterocycles. The van der Waals surface area contributed by atoms with E-state index < -0.39 is 6.61 Å². The van der Waals surface area contributed by atoms with Gasteiger partial charge in [-0.2, -0.15) is 19.0 Å². The van der Waals surface area contributed by atoms with Crippen LogP contribution < -0.4 is 29.2 Å². The van der Waals surface area contributed by atoms with Crippen LogP contribution in [0.1, 0.15) is 78.4 Å². The standard InChI is InChI=1S/C27H32N4O4.C25H26F2N4O4/c1-7-33-24-14-21-13-17(3)31(28-16-22(21)15-25(24)34-8-2)27(32)30(6)23-11-9-20(10-12-23)26-18(4)29-35-19(26)5;1-13-10-18-11-21(34-24(26)27)20(33-5)12-19(18)23(29-31(13)25(32)28-4)17-8-6-16(7-9-17)22-14(2)30-35-15(22)3/h9-12,14-17H,7-8,13H2,1-6H3;6-9,11-13,24H,10H2,1-5H3,(H,28,32). The van der Waals surface area contributed by atoms with E-state index in [9.17, 15) is 18.4 Å². The van der Waals surface area contributed by atoms with Crippen LogP contribution in [0.5, 0.6) is 23.0 Å². The molecule has 2 aliphatic rings. The summed E-state index contributed by atoms with van der Waals surface area (Å²) in [5.41, 5.74) is 10.8. The van der Waals surface area contributed by atoms with Crippen LogP contribution in [-0.4, -0.2) is 97.4 Å². The fraction of sp³-hybridized carbons (Fsp3) is 0.346. The topological polar surface area (TPSA) is 170 Å². The molecule has 0 radical (unpaired) electrons. The Morgan fingerprint density at radius 2 is 1.29 bits per heavy atom. The largest absolute Gasteiger partial charge is 0.493 e. The van der Waals surface area contributed by atoms with Crippen molar-refractivity contribution in [1.29, 1.82) is 0 Å². The van der Waals surface area contributed by atoms with Gasteiger partial charge < -0.3 is 33.3 Å². The molecule has 0 aliphatic carbocycles. The van der Waals surface area contributed by atoms with Crippen LogP contribution in [-0.2, 0) is 12.8 Å². The Hall–Kier alpha value is -7.76. The first-order valence-corrected chi connectivity index (χ1v) is 22.9. The molecule has 18 heteroatoms. The molecule has 0 saturated carbocycles. The van der Waals surface area contributed by atoms with Crippen LogP contribution in [0.2, 0.25) is 0 Å². The average Bonchev–Trinajstić information content (AvgIpc) is 3.75. The van der Waals surface area contributed by atoms with E-state index in [2.05, 4.69) is 25.5 Å². The predicted molar refractivity (Wildman–Crippen MR) is 263 cm³/mol. The first kappa shape index (κ1) is 50.1. The second kappa shape index (κ2) is 21.7. The van der Waals surface area contributed by atoms with Crippen molar-refractivity contribution in [2.24, 2.45) is 10.2 Å².